The second kappa shape index (κ2) is 20.6. The van der Waals surface area contributed by atoms with Crippen molar-refractivity contribution in [3.63, 3.8) is 0 Å². The van der Waals surface area contributed by atoms with Crippen LogP contribution in [0.5, 0.6) is 0 Å². The highest BCUT2D eigenvalue weighted by atomic mass is 16.8. The Kier molecular flexibility index (Phi) is 15.9. The third-order valence-electron chi connectivity index (χ3n) is 18.9. The first-order chi connectivity index (χ1) is 33.3. The smallest absolute Gasteiger partial charge is 0.334 e. The molecule has 0 radical (unpaired) electrons. The Labute approximate surface area is 414 Å². The van der Waals surface area contributed by atoms with Gasteiger partial charge in [0.15, 0.2) is 18.9 Å². The molecule has 0 aromatic heterocycles. The molecule has 3 saturated carbocycles. The van der Waals surface area contributed by atoms with E-state index in [2.05, 4.69) is 34.6 Å². The second-order valence-corrected chi connectivity index (χ2v) is 23.1. The van der Waals surface area contributed by atoms with Gasteiger partial charge in [-0.3, -0.25) is 9.59 Å². The fraction of sp³-hybridized carbons (Fsp3) is 0.900. The van der Waals surface area contributed by atoms with Crippen molar-refractivity contribution in [3.8, 4) is 0 Å². The molecule has 0 amide bonds. The first kappa shape index (κ1) is 54.8. The van der Waals surface area contributed by atoms with Crippen molar-refractivity contribution in [1.82, 2.24) is 0 Å². The first-order valence-electron chi connectivity index (χ1n) is 25.5. The van der Waals surface area contributed by atoms with E-state index in [0.29, 0.717) is 18.4 Å². The number of rotatable bonds is 13. The Morgan fingerprint density at radius 1 is 0.746 bits per heavy atom. The molecular formula is C50H78O21. The van der Waals surface area contributed by atoms with Crippen LogP contribution >= 0.6 is 0 Å². The highest BCUT2D eigenvalue weighted by molar-refractivity contribution is 5.90. The number of carbonyl (C=O) groups excluding carboxylic acids is 3. The largest absolute Gasteiger partial charge is 0.465 e. The molecule has 25 atom stereocenters. The molecule has 9 N–H and O–H groups in total. The number of hydrogen-bond donors (Lipinski definition) is 9. The topological polar surface area (TPSA) is 316 Å². The van der Waals surface area contributed by atoms with Gasteiger partial charge in [-0.25, -0.2) is 4.79 Å². The molecule has 0 aromatic carbocycles. The second-order valence-electron chi connectivity index (χ2n) is 23.1. The number of hydrogen-bond acceptors (Lipinski definition) is 21. The minimum absolute atomic E-state index is 0.0288. The quantitative estimate of drug-likeness (QED) is 0.0660. The van der Waals surface area contributed by atoms with Crippen molar-refractivity contribution >= 4 is 17.9 Å². The Bertz CT molecular complexity index is 1970. The van der Waals surface area contributed by atoms with Gasteiger partial charge in [0.1, 0.15) is 79.4 Å². The summed E-state index contributed by atoms with van der Waals surface area (Å²) in [5, 5.41) is 96.8. The Hall–Kier alpha value is -2.45. The van der Waals surface area contributed by atoms with Gasteiger partial charge in [0.05, 0.1) is 38.4 Å². The standard InChI is InChI=1S/C50H78O21/c1-21-15-25(66-43(21)62)16-27(65-24(4)53)22(2)26-9-10-31-48(7)13-12-32(47(5,6)30(48)11-14-49(31,8)50(26)17-33(54)63-20-50)69-46-42(71-44-39(60)37(58)34(55)23(3)64-44)41(36(57)29(19-52)68-46)70-45-40(61)38(59)35(56)28(18-51)67-45/h15,22-23,25-32,34-42,44-46,51-52,55-61H,9-14,16-20H2,1-8H3/t22-,23+,25+,26-,27+,28-,29-,30?,31?,32+,34+,35-,36-,37-,38+,39-,40-,41+,42-,44+,45+,46+,48+,49-,50+/m1/s1. The monoisotopic (exact) mass is 1010 g/mol. The normalized spacial score (nSPS) is 49.5. The van der Waals surface area contributed by atoms with Crippen LogP contribution in [0.3, 0.4) is 0 Å². The SMILES string of the molecule is CC(=O)O[C@@H](C[C@@H]1C=C(C)C(=O)O1)[C@H](C)[C@H]1CCC2[C@@]3(C)CC[C@H](O[C@@H]4O[C@H](CO)[C@@H](O)[C@H](O[C@@H]5O[C@H](CO)[C@@H](O)[C@H](O)[C@H]5O)[C@H]4O[C@@H]4O[C@@H](C)[C@H](O)[C@@H](O)[C@H]4O)C(C)(C)C3CC[C@@]2(C)[C@@]12COC(=O)C2. The average Bonchev–Trinajstić information content (AvgIpc) is 3.87. The zero-order valence-electron chi connectivity index (χ0n) is 42.0. The number of aliphatic hydroxyl groups is 9. The number of aliphatic hydroxyl groups excluding tert-OH is 9. The molecule has 5 aliphatic heterocycles. The van der Waals surface area contributed by atoms with Gasteiger partial charge < -0.3 is 88.6 Å². The van der Waals surface area contributed by atoms with Gasteiger partial charge in [-0.1, -0.05) is 34.6 Å². The highest BCUT2D eigenvalue weighted by Crippen LogP contribution is 2.74. The number of fused-ring (bicyclic) bond motifs is 4. The summed E-state index contributed by atoms with van der Waals surface area (Å²) in [4.78, 5) is 38.4. The number of ether oxygens (including phenoxy) is 9. The summed E-state index contributed by atoms with van der Waals surface area (Å²) in [7, 11) is 0. The molecular weight excluding hydrogens is 937 g/mol. The van der Waals surface area contributed by atoms with Gasteiger partial charge in [0, 0.05) is 24.3 Å². The van der Waals surface area contributed by atoms with Crippen molar-refractivity contribution in [2.45, 2.75) is 217 Å². The predicted molar refractivity (Wildman–Crippen MR) is 242 cm³/mol. The maximum atomic E-state index is 13.4. The van der Waals surface area contributed by atoms with Crippen molar-refractivity contribution in [2.24, 2.45) is 45.3 Å². The van der Waals surface area contributed by atoms with E-state index in [0.717, 1.165) is 25.7 Å². The molecule has 4 saturated heterocycles. The summed E-state index contributed by atoms with van der Waals surface area (Å²) in [6, 6.07) is 0. The molecule has 71 heavy (non-hydrogen) atoms. The minimum Gasteiger partial charge on any atom is -0.465 e. The van der Waals surface area contributed by atoms with Crippen LogP contribution in [0.1, 0.15) is 107 Å². The molecule has 0 aromatic rings. The predicted octanol–water partition coefficient (Wildman–Crippen LogP) is -0.121. The van der Waals surface area contributed by atoms with Crippen molar-refractivity contribution < 1.29 is 103 Å². The van der Waals surface area contributed by atoms with Crippen LogP contribution in [0.2, 0.25) is 0 Å². The molecule has 0 bridgehead atoms. The van der Waals surface area contributed by atoms with Crippen molar-refractivity contribution in [3.05, 3.63) is 11.6 Å². The summed E-state index contributed by atoms with van der Waals surface area (Å²) >= 11 is 0. The van der Waals surface area contributed by atoms with Gasteiger partial charge in [0.2, 0.25) is 0 Å². The van der Waals surface area contributed by atoms with Crippen LogP contribution in [0.25, 0.3) is 0 Å². The first-order valence-corrected chi connectivity index (χ1v) is 25.5. The van der Waals surface area contributed by atoms with Crippen LogP contribution in [0.15, 0.2) is 11.6 Å². The van der Waals surface area contributed by atoms with Gasteiger partial charge >= 0.3 is 17.9 Å². The lowest BCUT2D eigenvalue weighted by Gasteiger charge is -2.70. The van der Waals surface area contributed by atoms with Gasteiger partial charge in [0.25, 0.3) is 0 Å². The minimum atomic E-state index is -1.90. The lowest BCUT2D eigenvalue weighted by atomic mass is 9.34. The summed E-state index contributed by atoms with van der Waals surface area (Å²) < 4.78 is 54.8. The maximum absolute atomic E-state index is 13.4. The molecule has 7 fully saturated rings. The van der Waals surface area contributed by atoms with E-state index >= 15 is 0 Å². The maximum Gasteiger partial charge on any atom is 0.334 e. The van der Waals surface area contributed by atoms with Crippen LogP contribution in [0.4, 0.5) is 0 Å². The third-order valence-corrected chi connectivity index (χ3v) is 18.9. The zero-order valence-corrected chi connectivity index (χ0v) is 42.0. The molecule has 3 aliphatic carbocycles. The molecule has 404 valence electrons. The van der Waals surface area contributed by atoms with Crippen LogP contribution in [-0.4, -0.2) is 194 Å². The van der Waals surface area contributed by atoms with Gasteiger partial charge in [-0.15, -0.1) is 0 Å². The van der Waals surface area contributed by atoms with E-state index in [1.165, 1.54) is 13.8 Å². The number of esters is 3. The van der Waals surface area contributed by atoms with Gasteiger partial charge in [-0.05, 0) is 98.4 Å². The average molecular weight is 1020 g/mol. The molecule has 1 spiro atoms. The van der Waals surface area contributed by atoms with Crippen LogP contribution in [-0.2, 0) is 57.0 Å². The van der Waals surface area contributed by atoms with E-state index in [1.54, 1.807) is 13.0 Å². The summed E-state index contributed by atoms with van der Waals surface area (Å²) in [5.41, 5.74) is -1.41. The van der Waals surface area contributed by atoms with E-state index in [9.17, 15) is 60.3 Å². The van der Waals surface area contributed by atoms with Crippen LogP contribution < -0.4 is 0 Å². The molecule has 21 nitrogen and oxygen atoms in total. The Morgan fingerprint density at radius 3 is 1.97 bits per heavy atom. The lowest BCUT2D eigenvalue weighted by molar-refractivity contribution is -0.398. The van der Waals surface area contributed by atoms with Crippen LogP contribution in [0, 0.1) is 45.3 Å². The number of cyclic esters (lactones) is 2. The Balaban J connectivity index is 1.07. The highest BCUT2D eigenvalue weighted by Gasteiger charge is 2.71. The number of carbonyl (C=O) groups is 3. The fourth-order valence-electron chi connectivity index (χ4n) is 15.0. The molecule has 8 rings (SSSR count). The third kappa shape index (κ3) is 9.53. The van der Waals surface area contributed by atoms with Crippen molar-refractivity contribution in [2.75, 3.05) is 19.8 Å². The fourth-order valence-corrected chi connectivity index (χ4v) is 15.0. The summed E-state index contributed by atoms with van der Waals surface area (Å²) in [6.45, 7) is 14.2. The molecule has 8 aliphatic rings. The molecule has 2 unspecified atom stereocenters. The molecule has 21 heteroatoms. The lowest BCUT2D eigenvalue weighted by Crippen LogP contribution is -2.68. The van der Waals surface area contributed by atoms with E-state index in [4.69, 9.17) is 42.6 Å². The van der Waals surface area contributed by atoms with E-state index in [1.807, 2.05) is 0 Å². The van der Waals surface area contributed by atoms with Crippen molar-refractivity contribution in [1.29, 1.82) is 0 Å². The van der Waals surface area contributed by atoms with E-state index in [-0.39, 0.29) is 54.5 Å². The Morgan fingerprint density at radius 2 is 1.37 bits per heavy atom. The van der Waals surface area contributed by atoms with Gasteiger partial charge in [-0.2, -0.15) is 0 Å². The molecule has 5 heterocycles. The summed E-state index contributed by atoms with van der Waals surface area (Å²) in [5.74, 6) is -1.28. The van der Waals surface area contributed by atoms with E-state index < -0.39 is 152 Å². The summed E-state index contributed by atoms with van der Waals surface area (Å²) in [6.07, 6.45) is -19.5. The zero-order chi connectivity index (χ0) is 51.9.